The molecule has 2 amide bonds. The number of halogens is 4. The lowest BCUT2D eigenvalue weighted by molar-refractivity contribution is -0.384. The molecular formula is C32H26Br4N6O12. The molecule has 0 heterocycles. The average Bonchev–Trinajstić information content (AvgIpc) is 3.11. The van der Waals surface area contributed by atoms with Gasteiger partial charge in [-0.05, 0) is 112 Å². The number of anilines is 3. The number of amides is 2. The van der Waals surface area contributed by atoms with E-state index in [2.05, 4.69) is 83.8 Å². The highest BCUT2D eigenvalue weighted by molar-refractivity contribution is 9.11. The first-order valence-corrected chi connectivity index (χ1v) is 17.7. The molecule has 0 radical (unpaired) electrons. The third kappa shape index (κ3) is 12.1. The lowest BCUT2D eigenvalue weighted by Gasteiger charge is -2.13. The van der Waals surface area contributed by atoms with Gasteiger partial charge < -0.3 is 41.0 Å². The highest BCUT2D eigenvalue weighted by Gasteiger charge is 2.19. The van der Waals surface area contributed by atoms with Gasteiger partial charge in [-0.15, -0.1) is 0 Å². The minimum atomic E-state index is -0.657. The number of rotatable bonds is 12. The third-order valence-electron chi connectivity index (χ3n) is 6.53. The van der Waals surface area contributed by atoms with E-state index in [4.69, 9.17) is 20.9 Å². The second-order valence-electron chi connectivity index (χ2n) is 10.3. The van der Waals surface area contributed by atoms with E-state index in [1.807, 2.05) is 0 Å². The average molecular weight is 1010 g/mol. The van der Waals surface area contributed by atoms with Gasteiger partial charge in [0.25, 0.3) is 17.3 Å². The number of nitrogen functional groups attached to an aromatic ring is 2. The van der Waals surface area contributed by atoms with Crippen LogP contribution in [0.2, 0.25) is 0 Å². The van der Waals surface area contributed by atoms with Crippen LogP contribution in [0, 0.1) is 20.2 Å². The Labute approximate surface area is 338 Å². The Morgan fingerprint density at radius 2 is 1.11 bits per heavy atom. The molecule has 54 heavy (non-hydrogen) atoms. The number of carbonyl (C=O) groups excluding carboxylic acids is 4. The van der Waals surface area contributed by atoms with E-state index >= 15 is 0 Å². The number of ether oxygens (including phenoxy) is 4. The van der Waals surface area contributed by atoms with Crippen LogP contribution in [0.5, 0.6) is 23.0 Å². The van der Waals surface area contributed by atoms with Crippen molar-refractivity contribution in [2.45, 2.75) is 6.42 Å². The smallest absolute Gasteiger partial charge is 0.325 e. The molecule has 0 aliphatic heterocycles. The summed E-state index contributed by atoms with van der Waals surface area (Å²) in [6, 6.07) is 14.2. The van der Waals surface area contributed by atoms with E-state index in [1.54, 1.807) is 12.1 Å². The number of hydrogen-bond acceptors (Lipinski definition) is 14. The van der Waals surface area contributed by atoms with Crippen molar-refractivity contribution in [1.82, 2.24) is 5.32 Å². The minimum Gasteiger partial charge on any atom is -0.469 e. The summed E-state index contributed by atoms with van der Waals surface area (Å²) in [6.45, 7) is -0.266. The van der Waals surface area contributed by atoms with Gasteiger partial charge in [0.05, 0.1) is 54.1 Å². The molecule has 4 rings (SSSR count). The van der Waals surface area contributed by atoms with Crippen molar-refractivity contribution in [2.75, 3.05) is 37.5 Å². The molecule has 4 aromatic rings. The zero-order chi connectivity index (χ0) is 40.3. The molecule has 0 saturated heterocycles. The summed E-state index contributed by atoms with van der Waals surface area (Å²) < 4.78 is 22.0. The molecule has 0 fully saturated rings. The van der Waals surface area contributed by atoms with E-state index in [1.165, 1.54) is 62.8 Å². The van der Waals surface area contributed by atoms with Crippen LogP contribution in [0.25, 0.3) is 0 Å². The van der Waals surface area contributed by atoms with Crippen LogP contribution in [-0.4, -0.2) is 54.4 Å². The fourth-order valence-corrected chi connectivity index (χ4v) is 6.68. The molecule has 0 saturated carbocycles. The van der Waals surface area contributed by atoms with Crippen LogP contribution < -0.4 is 31.6 Å². The maximum Gasteiger partial charge on any atom is 0.325 e. The number of nitrogens with one attached hydrogen (secondary N) is 2. The zero-order valence-corrected chi connectivity index (χ0v) is 34.0. The molecule has 0 aliphatic rings. The van der Waals surface area contributed by atoms with Crippen molar-refractivity contribution in [2.24, 2.45) is 0 Å². The van der Waals surface area contributed by atoms with Gasteiger partial charge in [0.1, 0.15) is 35.8 Å². The Balaban J connectivity index is 0.000000290. The molecule has 4 aromatic carbocycles. The molecule has 0 unspecified atom stereocenters. The van der Waals surface area contributed by atoms with Gasteiger partial charge in [0.2, 0.25) is 5.91 Å². The number of esters is 2. The normalized spacial score (nSPS) is 10.2. The van der Waals surface area contributed by atoms with E-state index in [0.717, 1.165) is 0 Å². The summed E-state index contributed by atoms with van der Waals surface area (Å²) in [5.74, 6) is -1.22. The number of hydrogen-bond donors (Lipinski definition) is 4. The summed E-state index contributed by atoms with van der Waals surface area (Å²) in [4.78, 5) is 66.9. The van der Waals surface area contributed by atoms with Crippen molar-refractivity contribution in [1.29, 1.82) is 0 Å². The van der Waals surface area contributed by atoms with Crippen LogP contribution in [0.1, 0.15) is 16.8 Å². The second kappa shape index (κ2) is 19.7. The van der Waals surface area contributed by atoms with Crippen molar-refractivity contribution >= 4 is 116 Å². The van der Waals surface area contributed by atoms with Gasteiger partial charge in [-0.2, -0.15) is 0 Å². The maximum atomic E-state index is 12.1. The molecule has 0 aromatic heterocycles. The molecular weight excluding hydrogens is 980 g/mol. The lowest BCUT2D eigenvalue weighted by Crippen LogP contribution is -2.30. The quantitative estimate of drug-likeness (QED) is 0.0354. The highest BCUT2D eigenvalue weighted by Crippen LogP contribution is 2.41. The Hall–Kier alpha value is -5.32. The summed E-state index contributed by atoms with van der Waals surface area (Å²) >= 11 is 13.2. The van der Waals surface area contributed by atoms with Gasteiger partial charge >= 0.3 is 11.9 Å². The predicted molar refractivity (Wildman–Crippen MR) is 208 cm³/mol. The fourth-order valence-electron chi connectivity index (χ4n) is 3.98. The van der Waals surface area contributed by atoms with E-state index < -0.39 is 40.0 Å². The topological polar surface area (TPSA) is 268 Å². The first-order chi connectivity index (χ1) is 25.4. The molecule has 0 bridgehead atoms. The van der Waals surface area contributed by atoms with Crippen molar-refractivity contribution < 1.29 is 48.0 Å². The summed E-state index contributed by atoms with van der Waals surface area (Å²) in [6.07, 6.45) is -0.418. The molecule has 0 aliphatic carbocycles. The number of carbonyl (C=O) groups is 4. The largest absolute Gasteiger partial charge is 0.469 e. The first kappa shape index (κ1) is 43.1. The van der Waals surface area contributed by atoms with Crippen LogP contribution in [0.15, 0.2) is 78.6 Å². The van der Waals surface area contributed by atoms with Gasteiger partial charge in [-0.1, -0.05) is 0 Å². The summed E-state index contributed by atoms with van der Waals surface area (Å²) in [5.41, 5.74) is 11.3. The number of nitrogens with two attached hydrogens (primary N) is 2. The second-order valence-corrected chi connectivity index (χ2v) is 13.7. The van der Waals surface area contributed by atoms with Crippen LogP contribution in [0.4, 0.5) is 28.4 Å². The Bertz CT molecular complexity index is 2090. The highest BCUT2D eigenvalue weighted by atomic mass is 79.9. The van der Waals surface area contributed by atoms with Gasteiger partial charge in [-0.3, -0.25) is 39.4 Å². The number of methoxy groups -OCH3 is 2. The van der Waals surface area contributed by atoms with Gasteiger partial charge in [-0.25, -0.2) is 0 Å². The molecule has 6 N–H and O–H groups in total. The van der Waals surface area contributed by atoms with Crippen molar-refractivity contribution in [3.8, 4) is 23.0 Å². The van der Waals surface area contributed by atoms with Gasteiger partial charge in [0, 0.05) is 11.3 Å². The maximum absolute atomic E-state index is 12.1. The molecule has 18 nitrogen and oxygen atoms in total. The summed E-state index contributed by atoms with van der Waals surface area (Å²) in [5, 5.41) is 26.9. The molecule has 0 spiro atoms. The Morgan fingerprint density at radius 3 is 1.52 bits per heavy atom. The zero-order valence-electron chi connectivity index (χ0n) is 27.6. The fraction of sp³-hybridized carbons (Fsp3) is 0.125. The minimum absolute atomic E-state index is 0.0168. The van der Waals surface area contributed by atoms with Gasteiger partial charge in [0.15, 0.2) is 11.5 Å². The Morgan fingerprint density at radius 1 is 0.685 bits per heavy atom. The monoisotopic (exact) mass is 1000 g/mol. The lowest BCUT2D eigenvalue weighted by atomic mass is 10.2. The first-order valence-electron chi connectivity index (χ1n) is 14.6. The number of benzene rings is 4. The Kier molecular flexibility index (Phi) is 15.7. The van der Waals surface area contributed by atoms with Crippen LogP contribution in [0.3, 0.4) is 0 Å². The van der Waals surface area contributed by atoms with Crippen molar-refractivity contribution in [3.63, 3.8) is 0 Å². The van der Waals surface area contributed by atoms with E-state index in [0.29, 0.717) is 35.1 Å². The van der Waals surface area contributed by atoms with Crippen LogP contribution >= 0.6 is 63.7 Å². The number of nitro benzene ring substituents is 2. The number of nitro groups is 2. The van der Waals surface area contributed by atoms with E-state index in [-0.39, 0.29) is 46.4 Å². The predicted octanol–water partition coefficient (Wildman–Crippen LogP) is 7.39. The SMILES string of the molecule is COC(=O)CC(=O)Nc1cc(Br)c(Oc2ccc(N)c([N+](=O)[O-])c2)c(Br)c1.COC(=O)CNC(=O)c1cc(Br)c(Oc2ccc(N)c([N+](=O)[O-])c2)c(Br)c1. The van der Waals surface area contributed by atoms with Crippen LogP contribution in [-0.2, 0) is 23.9 Å². The standard InChI is InChI=1S/2C16H13Br2N3O6/c1-26-14(22)7-20-16(23)8-4-10(17)15(11(18)5-8)27-9-2-3-12(19)13(6-9)21(24)25;1-26-15(23)7-14(22)20-8-4-10(17)16(11(18)5-8)27-9-2-3-12(19)13(6-9)21(24)25/h2-6H,7,19H2,1H3,(H,20,23);2-6H,7,19H2,1H3,(H,20,22). The third-order valence-corrected chi connectivity index (χ3v) is 8.89. The number of nitrogens with zero attached hydrogens (tertiary/aromatic N) is 2. The van der Waals surface area contributed by atoms with E-state index in [9.17, 15) is 39.4 Å². The summed E-state index contributed by atoms with van der Waals surface area (Å²) in [7, 11) is 2.41. The molecule has 284 valence electrons. The molecule has 0 atom stereocenters. The van der Waals surface area contributed by atoms with Crippen molar-refractivity contribution in [3.05, 3.63) is 104 Å². The molecule has 22 heteroatoms.